The molecule has 0 unspecified atom stereocenters. The molecule has 0 aromatic heterocycles. The third-order valence-corrected chi connectivity index (χ3v) is 0.628. The molecule has 1 aliphatic rings. The van der Waals surface area contributed by atoms with Crippen LogP contribution in [0.15, 0.2) is 29.5 Å². The van der Waals surface area contributed by atoms with Gasteiger partial charge in [0.1, 0.15) is 6.29 Å². The molecule has 54 valence electrons. The molecular weight excluding hydrogens is 128 g/mol. The van der Waals surface area contributed by atoms with Gasteiger partial charge in [0.05, 0.1) is 0 Å². The number of carbonyl (C=O) groups is 1. The van der Waals surface area contributed by atoms with Crippen molar-refractivity contribution in [1.29, 1.82) is 0 Å². The molecule has 1 aliphatic heterocycles. The van der Waals surface area contributed by atoms with Crippen LogP contribution in [0.3, 0.4) is 0 Å². The minimum absolute atomic E-state index is 0.750. The second-order valence-electron chi connectivity index (χ2n) is 1.39. The fourth-order valence-electron chi connectivity index (χ4n) is 0.342. The number of hydrogen-bond acceptors (Lipinski definition) is 3. The Morgan fingerprint density at radius 3 is 2.80 bits per heavy atom. The number of allylic oxidation sites excluding steroid dienone is 3. The predicted molar refractivity (Wildman–Crippen MR) is 41.6 cm³/mol. The Labute approximate surface area is 60.1 Å². The van der Waals surface area contributed by atoms with Crippen molar-refractivity contribution in [1.82, 2.24) is 5.43 Å². The van der Waals surface area contributed by atoms with E-state index in [0.717, 1.165) is 6.29 Å². The van der Waals surface area contributed by atoms with Crippen molar-refractivity contribution < 1.29 is 4.79 Å². The average Bonchev–Trinajstić information content (AvgIpc) is 2.17. The van der Waals surface area contributed by atoms with E-state index in [1.165, 1.54) is 6.92 Å². The van der Waals surface area contributed by atoms with Crippen molar-refractivity contribution >= 4 is 12.5 Å². The van der Waals surface area contributed by atoms with Crippen LogP contribution in [0.1, 0.15) is 6.92 Å². The lowest BCUT2D eigenvalue weighted by molar-refractivity contribution is -0.106. The van der Waals surface area contributed by atoms with Crippen LogP contribution in [0.4, 0.5) is 0 Å². The lowest BCUT2D eigenvalue weighted by Gasteiger charge is -1.78. The first-order valence-electron chi connectivity index (χ1n) is 2.92. The fraction of sp³-hybridized carbons (Fsp3) is 0.143. The van der Waals surface area contributed by atoms with Gasteiger partial charge in [0.25, 0.3) is 0 Å². The molecule has 0 fully saturated rings. The fourth-order valence-corrected chi connectivity index (χ4v) is 0.342. The van der Waals surface area contributed by atoms with Crippen LogP contribution in [0.5, 0.6) is 0 Å². The van der Waals surface area contributed by atoms with E-state index in [-0.39, 0.29) is 0 Å². The van der Waals surface area contributed by atoms with Gasteiger partial charge in [-0.15, -0.1) is 0 Å². The van der Waals surface area contributed by atoms with Crippen molar-refractivity contribution in [2.24, 2.45) is 5.10 Å². The number of nitrogens with zero attached hydrogens (tertiary/aromatic N) is 1. The van der Waals surface area contributed by atoms with Gasteiger partial charge < -0.3 is 4.79 Å². The van der Waals surface area contributed by atoms with Crippen molar-refractivity contribution in [2.45, 2.75) is 6.92 Å². The van der Waals surface area contributed by atoms with Gasteiger partial charge in [-0.2, -0.15) is 5.10 Å². The van der Waals surface area contributed by atoms with Gasteiger partial charge in [-0.3, -0.25) is 5.43 Å². The maximum atomic E-state index is 8.81. The molecule has 0 aromatic rings. The molecule has 1 heterocycles. The summed E-state index contributed by atoms with van der Waals surface area (Å²) < 4.78 is 0. The highest BCUT2D eigenvalue weighted by Gasteiger charge is 1.68. The van der Waals surface area contributed by atoms with Gasteiger partial charge in [0.2, 0.25) is 0 Å². The van der Waals surface area contributed by atoms with E-state index >= 15 is 0 Å². The van der Waals surface area contributed by atoms with E-state index in [1.807, 2.05) is 18.2 Å². The Hall–Kier alpha value is -1.38. The Kier molecular flexibility index (Phi) is 6.57. The lowest BCUT2D eigenvalue weighted by Crippen LogP contribution is -1.89. The highest BCUT2D eigenvalue weighted by Crippen LogP contribution is 1.76. The minimum Gasteiger partial charge on any atom is -0.304 e. The molecule has 0 saturated carbocycles. The number of hydrazone groups is 1. The zero-order valence-electron chi connectivity index (χ0n) is 5.82. The largest absolute Gasteiger partial charge is 0.304 e. The summed E-state index contributed by atoms with van der Waals surface area (Å²) in [6, 6.07) is 0. The summed E-state index contributed by atoms with van der Waals surface area (Å²) in [7, 11) is 0. The second-order valence-corrected chi connectivity index (χ2v) is 1.39. The molecular formula is C7H10N2O. The lowest BCUT2D eigenvalue weighted by atomic mass is 10.5. The van der Waals surface area contributed by atoms with Gasteiger partial charge in [0, 0.05) is 12.4 Å². The molecule has 0 aromatic carbocycles. The first-order chi connectivity index (χ1) is 4.91. The Balaban J connectivity index is 0.000000236. The number of aldehydes is 1. The van der Waals surface area contributed by atoms with Crippen LogP contribution in [0, 0.1) is 0 Å². The number of hydrogen-bond donors (Lipinski definition) is 1. The quantitative estimate of drug-likeness (QED) is 0.504. The summed E-state index contributed by atoms with van der Waals surface area (Å²) in [6.45, 7) is 1.44. The third-order valence-electron chi connectivity index (χ3n) is 0.628. The van der Waals surface area contributed by atoms with Gasteiger partial charge in [-0.25, -0.2) is 0 Å². The summed E-state index contributed by atoms with van der Waals surface area (Å²) in [5.41, 5.74) is 2.67. The van der Waals surface area contributed by atoms with E-state index in [2.05, 4.69) is 10.5 Å². The van der Waals surface area contributed by atoms with Crippen LogP contribution in [0.2, 0.25) is 0 Å². The molecule has 0 saturated heterocycles. The summed E-state index contributed by atoms with van der Waals surface area (Å²) in [5, 5.41) is 3.72. The third kappa shape index (κ3) is 6.62. The topological polar surface area (TPSA) is 41.5 Å². The molecule has 0 radical (unpaired) electrons. The molecule has 0 atom stereocenters. The maximum Gasteiger partial charge on any atom is 0.116 e. The minimum atomic E-state index is 0.750. The molecule has 3 nitrogen and oxygen atoms in total. The SMILES string of the molecule is C1=CC=NNC=C1.CC=O. The first kappa shape index (κ1) is 8.62. The van der Waals surface area contributed by atoms with Crippen LogP contribution in [0.25, 0.3) is 0 Å². The van der Waals surface area contributed by atoms with Crippen molar-refractivity contribution in [3.63, 3.8) is 0 Å². The molecule has 0 spiro atoms. The molecule has 0 amide bonds. The number of rotatable bonds is 0. The van der Waals surface area contributed by atoms with Crippen molar-refractivity contribution in [3.8, 4) is 0 Å². The number of nitrogens with one attached hydrogen (secondary N) is 1. The molecule has 0 aliphatic carbocycles. The van der Waals surface area contributed by atoms with E-state index in [0.29, 0.717) is 0 Å². The summed E-state index contributed by atoms with van der Waals surface area (Å²) >= 11 is 0. The zero-order chi connectivity index (χ0) is 7.66. The molecule has 1 N–H and O–H groups in total. The van der Waals surface area contributed by atoms with Crippen molar-refractivity contribution in [2.75, 3.05) is 0 Å². The predicted octanol–water partition coefficient (Wildman–Crippen LogP) is 0.851. The van der Waals surface area contributed by atoms with E-state index in [4.69, 9.17) is 4.79 Å². The average molecular weight is 138 g/mol. The molecule has 3 heteroatoms. The van der Waals surface area contributed by atoms with Crippen LogP contribution < -0.4 is 5.43 Å². The van der Waals surface area contributed by atoms with Crippen LogP contribution in [-0.4, -0.2) is 12.5 Å². The zero-order valence-corrected chi connectivity index (χ0v) is 5.82. The summed E-state index contributed by atoms with van der Waals surface area (Å²) in [4.78, 5) is 8.81. The highest BCUT2D eigenvalue weighted by atomic mass is 16.1. The smallest absolute Gasteiger partial charge is 0.116 e. The normalized spacial score (nSPS) is 12.5. The van der Waals surface area contributed by atoms with Crippen molar-refractivity contribution in [3.05, 3.63) is 24.4 Å². The van der Waals surface area contributed by atoms with Crippen LogP contribution >= 0.6 is 0 Å². The Morgan fingerprint density at radius 1 is 1.40 bits per heavy atom. The Morgan fingerprint density at radius 2 is 2.10 bits per heavy atom. The Bertz CT molecular complexity index is 145. The summed E-state index contributed by atoms with van der Waals surface area (Å²) in [5.74, 6) is 0. The van der Waals surface area contributed by atoms with E-state index in [9.17, 15) is 0 Å². The number of carbonyl (C=O) groups excluding carboxylic acids is 1. The highest BCUT2D eigenvalue weighted by molar-refractivity contribution is 5.71. The molecule has 1 rings (SSSR count). The molecule has 0 bridgehead atoms. The standard InChI is InChI=1S/C5H6N2.C2H4O/c1-2-4-6-7-5-3-1;1-2-3/h1-6H;2H,1H3. The van der Waals surface area contributed by atoms with E-state index in [1.54, 1.807) is 12.4 Å². The van der Waals surface area contributed by atoms with Gasteiger partial charge in [0.15, 0.2) is 0 Å². The van der Waals surface area contributed by atoms with Gasteiger partial charge >= 0.3 is 0 Å². The van der Waals surface area contributed by atoms with Crippen LogP contribution in [-0.2, 0) is 4.79 Å². The summed E-state index contributed by atoms with van der Waals surface area (Å²) in [6.07, 6.45) is 9.85. The maximum absolute atomic E-state index is 8.81. The first-order valence-corrected chi connectivity index (χ1v) is 2.92. The van der Waals surface area contributed by atoms with E-state index < -0.39 is 0 Å². The second kappa shape index (κ2) is 7.62. The van der Waals surface area contributed by atoms with Gasteiger partial charge in [-0.05, 0) is 19.1 Å². The van der Waals surface area contributed by atoms with Gasteiger partial charge in [-0.1, -0.05) is 6.08 Å². The molecule has 10 heavy (non-hydrogen) atoms. The monoisotopic (exact) mass is 138 g/mol.